The summed E-state index contributed by atoms with van der Waals surface area (Å²) in [6.45, 7) is 8.01. The molecule has 9 heteroatoms. The number of rotatable bonds is 8. The van der Waals surface area contributed by atoms with Crippen molar-refractivity contribution in [3.8, 4) is 0 Å². The van der Waals surface area contributed by atoms with Crippen LogP contribution in [0.15, 0.2) is 49.1 Å². The maximum Gasteiger partial charge on any atom is 0.253 e. The molecule has 0 bridgehead atoms. The zero-order chi connectivity index (χ0) is 26.5. The van der Waals surface area contributed by atoms with Crippen molar-refractivity contribution in [3.63, 3.8) is 0 Å². The van der Waals surface area contributed by atoms with E-state index in [0.29, 0.717) is 19.1 Å². The van der Waals surface area contributed by atoms with Gasteiger partial charge in [-0.05, 0) is 74.7 Å². The van der Waals surface area contributed by atoms with Crippen LogP contribution >= 0.6 is 0 Å². The number of imidazole rings is 2. The topological polar surface area (TPSA) is 93.4 Å². The fourth-order valence-corrected chi connectivity index (χ4v) is 6.76. The van der Waals surface area contributed by atoms with Gasteiger partial charge in [-0.25, -0.2) is 9.97 Å². The molecule has 9 nitrogen and oxygen atoms in total. The lowest BCUT2D eigenvalue weighted by atomic mass is 9.72. The first-order valence-corrected chi connectivity index (χ1v) is 14.5. The van der Waals surface area contributed by atoms with E-state index in [1.165, 1.54) is 24.8 Å². The van der Waals surface area contributed by atoms with Gasteiger partial charge >= 0.3 is 0 Å². The standard InChI is InChI=1S/C30H41N7O2/c38-29(37-15-1-8-30(23-37)9-16-36(17-10-30)26-6-18-39-19-7-26)25-4-2-24(3-5-25)20-35(21-27-31-11-12-32-27)22-28-33-13-14-34-28/h2-5,11-14,26H,1,6-10,15-23H2,(H,31,32)(H,33,34). The summed E-state index contributed by atoms with van der Waals surface area (Å²) < 4.78 is 5.57. The zero-order valence-electron chi connectivity index (χ0n) is 22.9. The molecule has 3 saturated heterocycles. The highest BCUT2D eigenvalue weighted by molar-refractivity contribution is 5.94. The van der Waals surface area contributed by atoms with Gasteiger partial charge in [0.2, 0.25) is 0 Å². The Kier molecular flexibility index (Phi) is 8.08. The largest absolute Gasteiger partial charge is 0.381 e. The van der Waals surface area contributed by atoms with Gasteiger partial charge in [-0.1, -0.05) is 12.1 Å². The number of likely N-dealkylation sites (tertiary alicyclic amines) is 2. The SMILES string of the molecule is O=C(c1ccc(CN(Cc2ncc[nH]2)Cc2ncc[nH]2)cc1)N1CCCC2(CCN(C3CCOCC3)CC2)C1. The smallest absolute Gasteiger partial charge is 0.253 e. The van der Waals surface area contributed by atoms with Crippen molar-refractivity contribution in [2.24, 2.45) is 5.41 Å². The van der Waals surface area contributed by atoms with Crippen LogP contribution in [0, 0.1) is 5.41 Å². The first-order valence-electron chi connectivity index (χ1n) is 14.5. The molecule has 1 aromatic carbocycles. The Bertz CT molecular complexity index is 1130. The number of aromatic nitrogens is 4. The quantitative estimate of drug-likeness (QED) is 0.459. The first-order chi connectivity index (χ1) is 19.2. The number of aromatic amines is 2. The Labute approximate surface area is 231 Å². The van der Waals surface area contributed by atoms with Crippen LogP contribution in [-0.2, 0) is 24.4 Å². The number of ether oxygens (including phenoxy) is 1. The van der Waals surface area contributed by atoms with Crippen LogP contribution in [0.25, 0.3) is 0 Å². The molecule has 0 aliphatic carbocycles. The van der Waals surface area contributed by atoms with E-state index in [9.17, 15) is 4.79 Å². The molecule has 3 aliphatic heterocycles. The van der Waals surface area contributed by atoms with E-state index < -0.39 is 0 Å². The molecule has 0 unspecified atom stereocenters. The third-order valence-electron chi connectivity index (χ3n) is 8.98. The minimum Gasteiger partial charge on any atom is -0.381 e. The summed E-state index contributed by atoms with van der Waals surface area (Å²) in [4.78, 5) is 35.8. The summed E-state index contributed by atoms with van der Waals surface area (Å²) in [6, 6.07) is 8.88. The van der Waals surface area contributed by atoms with Crippen LogP contribution in [0.4, 0.5) is 0 Å². The van der Waals surface area contributed by atoms with Crippen molar-refractivity contribution in [2.45, 2.75) is 64.2 Å². The van der Waals surface area contributed by atoms with Gasteiger partial charge in [0.1, 0.15) is 11.6 Å². The molecule has 3 aromatic rings. The highest BCUT2D eigenvalue weighted by Crippen LogP contribution is 2.41. The number of nitrogens with one attached hydrogen (secondary N) is 2. The molecular weight excluding hydrogens is 490 g/mol. The van der Waals surface area contributed by atoms with Crippen molar-refractivity contribution in [1.29, 1.82) is 0 Å². The molecule has 208 valence electrons. The maximum atomic E-state index is 13.6. The van der Waals surface area contributed by atoms with Crippen LogP contribution in [0.1, 0.15) is 66.1 Å². The summed E-state index contributed by atoms with van der Waals surface area (Å²) in [5.41, 5.74) is 2.24. The van der Waals surface area contributed by atoms with E-state index in [2.05, 4.69) is 46.8 Å². The van der Waals surface area contributed by atoms with Crippen molar-refractivity contribution in [2.75, 3.05) is 39.4 Å². The number of hydrogen-bond donors (Lipinski definition) is 2. The highest BCUT2D eigenvalue weighted by atomic mass is 16.5. The van der Waals surface area contributed by atoms with Gasteiger partial charge in [-0.15, -0.1) is 0 Å². The first kappa shape index (κ1) is 26.2. The molecule has 6 rings (SSSR count). The van der Waals surface area contributed by atoms with Crippen LogP contribution in [0.5, 0.6) is 0 Å². The second-order valence-corrected chi connectivity index (χ2v) is 11.6. The minimum absolute atomic E-state index is 0.176. The van der Waals surface area contributed by atoms with Gasteiger partial charge in [0, 0.05) is 69.2 Å². The number of piperidine rings is 2. The van der Waals surface area contributed by atoms with E-state index in [4.69, 9.17) is 4.74 Å². The lowest BCUT2D eigenvalue weighted by Gasteiger charge is -2.49. The van der Waals surface area contributed by atoms with Crippen LogP contribution < -0.4 is 0 Å². The van der Waals surface area contributed by atoms with Crippen molar-refractivity contribution in [1.82, 2.24) is 34.6 Å². The number of benzene rings is 1. The number of carbonyl (C=O) groups excluding carboxylic acids is 1. The lowest BCUT2D eigenvalue weighted by Crippen LogP contribution is -2.53. The van der Waals surface area contributed by atoms with E-state index in [1.807, 2.05) is 24.5 Å². The molecule has 0 saturated carbocycles. The molecule has 0 radical (unpaired) electrons. The van der Waals surface area contributed by atoms with Crippen LogP contribution in [-0.4, -0.2) is 86.0 Å². The number of amides is 1. The minimum atomic E-state index is 0.176. The van der Waals surface area contributed by atoms with E-state index >= 15 is 0 Å². The third-order valence-corrected chi connectivity index (χ3v) is 8.98. The molecule has 3 fully saturated rings. The molecular formula is C30H41N7O2. The Balaban J connectivity index is 1.06. The van der Waals surface area contributed by atoms with E-state index in [1.54, 1.807) is 12.4 Å². The molecule has 0 atom stereocenters. The monoisotopic (exact) mass is 531 g/mol. The van der Waals surface area contributed by atoms with Gasteiger partial charge in [0.25, 0.3) is 5.91 Å². The molecule has 1 spiro atoms. The summed E-state index contributed by atoms with van der Waals surface area (Å²) >= 11 is 0. The maximum absolute atomic E-state index is 13.6. The Morgan fingerprint density at radius 1 is 0.923 bits per heavy atom. The normalized spacial score (nSPS) is 20.6. The van der Waals surface area contributed by atoms with Crippen molar-refractivity contribution < 1.29 is 9.53 Å². The molecule has 2 aromatic heterocycles. The molecule has 1 amide bonds. The third kappa shape index (κ3) is 6.42. The summed E-state index contributed by atoms with van der Waals surface area (Å²) in [5.74, 6) is 2.02. The van der Waals surface area contributed by atoms with Gasteiger partial charge in [-0.2, -0.15) is 0 Å². The zero-order valence-corrected chi connectivity index (χ0v) is 22.9. The van der Waals surface area contributed by atoms with Crippen molar-refractivity contribution in [3.05, 3.63) is 71.8 Å². The Morgan fingerprint density at radius 2 is 1.59 bits per heavy atom. The predicted molar refractivity (Wildman–Crippen MR) is 149 cm³/mol. The highest BCUT2D eigenvalue weighted by Gasteiger charge is 2.41. The number of H-pyrrole nitrogens is 2. The second-order valence-electron chi connectivity index (χ2n) is 11.6. The van der Waals surface area contributed by atoms with Gasteiger partial charge < -0.3 is 24.5 Å². The number of carbonyl (C=O) groups is 1. The average molecular weight is 532 g/mol. The summed E-state index contributed by atoms with van der Waals surface area (Å²) in [6.07, 6.45) is 14.3. The molecule has 39 heavy (non-hydrogen) atoms. The fourth-order valence-electron chi connectivity index (χ4n) is 6.76. The van der Waals surface area contributed by atoms with Crippen LogP contribution in [0.2, 0.25) is 0 Å². The number of nitrogens with zero attached hydrogens (tertiary/aromatic N) is 5. The van der Waals surface area contributed by atoms with Crippen LogP contribution in [0.3, 0.4) is 0 Å². The lowest BCUT2D eigenvalue weighted by molar-refractivity contribution is -0.0151. The summed E-state index contributed by atoms with van der Waals surface area (Å²) in [5, 5.41) is 0. The van der Waals surface area contributed by atoms with Crippen molar-refractivity contribution >= 4 is 5.91 Å². The fraction of sp³-hybridized carbons (Fsp3) is 0.567. The van der Waals surface area contributed by atoms with Gasteiger partial charge in [0.15, 0.2) is 0 Å². The second kappa shape index (κ2) is 12.0. The van der Waals surface area contributed by atoms with E-state index in [0.717, 1.165) is 82.4 Å². The molecule has 5 heterocycles. The average Bonchev–Trinajstić information content (AvgIpc) is 3.69. The number of hydrogen-bond acceptors (Lipinski definition) is 6. The predicted octanol–water partition coefficient (Wildman–Crippen LogP) is 3.83. The summed E-state index contributed by atoms with van der Waals surface area (Å²) in [7, 11) is 0. The van der Waals surface area contributed by atoms with Gasteiger partial charge in [-0.3, -0.25) is 9.69 Å². The Morgan fingerprint density at radius 3 is 2.21 bits per heavy atom. The Hall–Kier alpha value is -3.01. The van der Waals surface area contributed by atoms with Gasteiger partial charge in [0.05, 0.1) is 13.1 Å². The molecule has 3 aliphatic rings. The molecule has 2 N–H and O–H groups in total. The van der Waals surface area contributed by atoms with E-state index in [-0.39, 0.29) is 11.3 Å².